The third-order valence-corrected chi connectivity index (χ3v) is 9.42. The maximum atomic E-state index is 14.6. The predicted molar refractivity (Wildman–Crippen MR) is 176 cm³/mol. The molecule has 0 N–H and O–H groups in total. The van der Waals surface area contributed by atoms with Crippen LogP contribution in [0, 0.1) is 6.57 Å². The first-order valence-electron chi connectivity index (χ1n) is 15.6. The molecule has 0 radical (unpaired) electrons. The van der Waals surface area contributed by atoms with Crippen LogP contribution in [0.1, 0.15) is 31.0 Å². The second-order valence-electron chi connectivity index (χ2n) is 12.4. The molecule has 45 heavy (non-hydrogen) atoms. The quantitative estimate of drug-likeness (QED) is 0.251. The fourth-order valence-electron chi connectivity index (χ4n) is 6.93. The lowest BCUT2D eigenvalue weighted by Gasteiger charge is -2.41. The molecule has 2 fully saturated rings. The Hall–Kier alpha value is -3.94. The Balaban J connectivity index is 1.30. The van der Waals surface area contributed by atoms with Gasteiger partial charge in [0.25, 0.3) is 0 Å². The summed E-state index contributed by atoms with van der Waals surface area (Å²) in [5.74, 6) is 0.629. The SMILES string of the molecule is [C-]#[N+]C[C@H]1CN(c2nc(OCCN3CCCC(C)(F)C3)nc3c2CCN(c2cccc4cccc(Cl)c24)C3)CCN1C(=O)C=C. The van der Waals surface area contributed by atoms with E-state index >= 15 is 0 Å². The highest BCUT2D eigenvalue weighted by Crippen LogP contribution is 2.37. The van der Waals surface area contributed by atoms with Crippen molar-refractivity contribution in [3.63, 3.8) is 0 Å². The number of hydrogen-bond donors (Lipinski definition) is 0. The van der Waals surface area contributed by atoms with Crippen LogP contribution in [0.2, 0.25) is 5.02 Å². The number of carbonyl (C=O) groups is 1. The molecule has 0 saturated carbocycles. The number of alkyl halides is 1. The average molecular weight is 632 g/mol. The van der Waals surface area contributed by atoms with Crippen molar-refractivity contribution < 1.29 is 13.9 Å². The number of anilines is 2. The molecular formula is C34H39ClFN7O2. The van der Waals surface area contributed by atoms with Gasteiger partial charge in [0, 0.05) is 55.9 Å². The summed E-state index contributed by atoms with van der Waals surface area (Å²) in [5.41, 5.74) is 1.81. The predicted octanol–water partition coefficient (Wildman–Crippen LogP) is 5.17. The van der Waals surface area contributed by atoms with Crippen LogP contribution < -0.4 is 14.5 Å². The lowest BCUT2D eigenvalue weighted by atomic mass is 9.97. The summed E-state index contributed by atoms with van der Waals surface area (Å²) in [7, 11) is 0. The molecule has 2 atom stereocenters. The topological polar surface area (TPSA) is 69.4 Å². The van der Waals surface area contributed by atoms with Crippen molar-refractivity contribution >= 4 is 39.8 Å². The molecular weight excluding hydrogens is 593 g/mol. The molecule has 9 nitrogen and oxygen atoms in total. The lowest BCUT2D eigenvalue weighted by Crippen LogP contribution is -2.56. The number of rotatable bonds is 8. The maximum Gasteiger partial charge on any atom is 0.318 e. The number of halogens is 2. The van der Waals surface area contributed by atoms with Gasteiger partial charge in [-0.25, -0.2) is 11.0 Å². The number of amides is 1. The Labute approximate surface area is 269 Å². The first-order chi connectivity index (χ1) is 21.8. The van der Waals surface area contributed by atoms with E-state index in [9.17, 15) is 9.18 Å². The summed E-state index contributed by atoms with van der Waals surface area (Å²) in [5, 5.41) is 2.81. The molecule has 3 aliphatic rings. The van der Waals surface area contributed by atoms with Crippen molar-refractivity contribution in [2.75, 3.05) is 68.8 Å². The first-order valence-corrected chi connectivity index (χ1v) is 16.0. The van der Waals surface area contributed by atoms with Gasteiger partial charge in [0.2, 0.25) is 12.5 Å². The van der Waals surface area contributed by atoms with E-state index in [2.05, 4.69) is 44.3 Å². The molecule has 1 amide bonds. The van der Waals surface area contributed by atoms with E-state index in [-0.39, 0.29) is 24.5 Å². The second kappa shape index (κ2) is 13.2. The van der Waals surface area contributed by atoms with Crippen LogP contribution in [0.4, 0.5) is 15.9 Å². The van der Waals surface area contributed by atoms with Gasteiger partial charge in [0.05, 0.1) is 17.3 Å². The van der Waals surface area contributed by atoms with Crippen molar-refractivity contribution in [3.05, 3.63) is 76.8 Å². The number of benzene rings is 2. The fourth-order valence-corrected chi connectivity index (χ4v) is 7.21. The minimum Gasteiger partial charge on any atom is -0.462 e. The molecule has 11 heteroatoms. The molecule has 2 saturated heterocycles. The molecule has 0 aliphatic carbocycles. The van der Waals surface area contributed by atoms with Gasteiger partial charge in [0.1, 0.15) is 24.1 Å². The van der Waals surface area contributed by atoms with Crippen LogP contribution >= 0.6 is 11.6 Å². The summed E-state index contributed by atoms with van der Waals surface area (Å²) < 4.78 is 20.8. The van der Waals surface area contributed by atoms with Crippen molar-refractivity contribution in [1.29, 1.82) is 0 Å². The van der Waals surface area contributed by atoms with Gasteiger partial charge >= 0.3 is 6.01 Å². The normalized spacial score (nSPS) is 22.2. The molecule has 2 aromatic carbocycles. The Kier molecular flexibility index (Phi) is 9.11. The fraction of sp³-hybridized carbons (Fsp3) is 0.471. The zero-order chi connectivity index (χ0) is 31.6. The highest BCUT2D eigenvalue weighted by molar-refractivity contribution is 6.36. The molecule has 0 bridgehead atoms. The van der Waals surface area contributed by atoms with Gasteiger partial charge in [-0.3, -0.25) is 9.69 Å². The molecule has 236 valence electrons. The number of fused-ring (bicyclic) bond motifs is 2. The van der Waals surface area contributed by atoms with E-state index in [1.54, 1.807) is 11.8 Å². The van der Waals surface area contributed by atoms with Gasteiger partial charge in [0.15, 0.2) is 0 Å². The van der Waals surface area contributed by atoms with Gasteiger partial charge < -0.3 is 24.3 Å². The summed E-state index contributed by atoms with van der Waals surface area (Å²) in [6.07, 6.45) is 3.44. The molecule has 0 spiro atoms. The monoisotopic (exact) mass is 631 g/mol. The summed E-state index contributed by atoms with van der Waals surface area (Å²) in [4.78, 5) is 34.3. The van der Waals surface area contributed by atoms with Crippen molar-refractivity contribution in [2.45, 2.75) is 44.4 Å². The number of likely N-dealkylation sites (tertiary alicyclic amines) is 1. The standard InChI is InChI=1S/C34H39ClFN7O2/c1-4-30(44)43-17-16-42(21-25(43)20-37-3)32-26-12-15-41(29-11-6-9-24-8-5-10-27(35)31(24)29)22-28(26)38-33(39-32)45-19-18-40-14-7-13-34(2,36)23-40/h4-6,8-11,25H,1,7,12-23H2,2H3/t25-,34?/m0/s1. The third-order valence-electron chi connectivity index (χ3n) is 9.10. The van der Waals surface area contributed by atoms with Crippen LogP contribution in [-0.4, -0.2) is 96.4 Å². The van der Waals surface area contributed by atoms with E-state index in [4.69, 9.17) is 32.9 Å². The Bertz CT molecular complexity index is 1620. The smallest absolute Gasteiger partial charge is 0.318 e. The maximum absolute atomic E-state index is 14.6. The Morgan fingerprint density at radius 1 is 1.20 bits per heavy atom. The number of aromatic nitrogens is 2. The molecule has 1 aromatic heterocycles. The number of piperidine rings is 1. The van der Waals surface area contributed by atoms with Gasteiger partial charge in [-0.05, 0) is 56.3 Å². The average Bonchev–Trinajstić information content (AvgIpc) is 3.03. The van der Waals surface area contributed by atoms with Gasteiger partial charge in [-0.1, -0.05) is 42.4 Å². The van der Waals surface area contributed by atoms with E-state index in [1.807, 2.05) is 18.2 Å². The lowest BCUT2D eigenvalue weighted by molar-refractivity contribution is -0.128. The highest BCUT2D eigenvalue weighted by atomic mass is 35.5. The molecule has 3 aromatic rings. The van der Waals surface area contributed by atoms with E-state index < -0.39 is 5.67 Å². The zero-order valence-corrected chi connectivity index (χ0v) is 26.5. The third kappa shape index (κ3) is 6.70. The summed E-state index contributed by atoms with van der Waals surface area (Å²) in [6, 6.07) is 12.2. The first kappa shape index (κ1) is 31.1. The zero-order valence-electron chi connectivity index (χ0n) is 25.7. The van der Waals surface area contributed by atoms with Crippen molar-refractivity contribution in [1.82, 2.24) is 19.8 Å². The number of ether oxygens (including phenoxy) is 1. The van der Waals surface area contributed by atoms with Gasteiger partial charge in [-0.15, -0.1) is 0 Å². The minimum absolute atomic E-state index is 0.163. The van der Waals surface area contributed by atoms with E-state index in [0.717, 1.165) is 53.0 Å². The number of piperazine rings is 1. The van der Waals surface area contributed by atoms with Crippen LogP contribution in [0.5, 0.6) is 6.01 Å². The number of nitrogens with zero attached hydrogens (tertiary/aromatic N) is 7. The largest absolute Gasteiger partial charge is 0.462 e. The molecule has 6 rings (SSSR count). The minimum atomic E-state index is -1.18. The number of hydrogen-bond acceptors (Lipinski definition) is 7. The van der Waals surface area contributed by atoms with Crippen molar-refractivity contribution in [2.24, 2.45) is 0 Å². The van der Waals surface area contributed by atoms with Crippen LogP contribution in [0.25, 0.3) is 15.6 Å². The van der Waals surface area contributed by atoms with E-state index in [1.165, 1.54) is 6.08 Å². The summed E-state index contributed by atoms with van der Waals surface area (Å²) in [6.45, 7) is 18.0. The Morgan fingerprint density at radius 3 is 2.80 bits per heavy atom. The van der Waals surface area contributed by atoms with Crippen LogP contribution in [0.3, 0.4) is 0 Å². The summed E-state index contributed by atoms with van der Waals surface area (Å²) >= 11 is 6.69. The Morgan fingerprint density at radius 2 is 2.02 bits per heavy atom. The van der Waals surface area contributed by atoms with Crippen LogP contribution in [-0.2, 0) is 17.8 Å². The van der Waals surface area contributed by atoms with Crippen molar-refractivity contribution in [3.8, 4) is 6.01 Å². The highest BCUT2D eigenvalue weighted by Gasteiger charge is 2.35. The second-order valence-corrected chi connectivity index (χ2v) is 12.8. The molecule has 3 aliphatic heterocycles. The van der Waals surface area contributed by atoms with Crippen LogP contribution in [0.15, 0.2) is 49.1 Å². The van der Waals surface area contributed by atoms with E-state index in [0.29, 0.717) is 63.7 Å². The number of carbonyl (C=O) groups excluding carboxylic acids is 1. The molecule has 1 unspecified atom stereocenters. The van der Waals surface area contributed by atoms with Gasteiger partial charge in [-0.2, -0.15) is 9.97 Å². The molecule has 4 heterocycles.